The Balaban J connectivity index is 1.91. The second-order valence-electron chi connectivity index (χ2n) is 4.85. The van der Waals surface area contributed by atoms with Gasteiger partial charge in [0.2, 0.25) is 0 Å². The minimum atomic E-state index is -0.528. The van der Waals surface area contributed by atoms with Crippen LogP contribution in [0.1, 0.15) is 17.5 Å². The molecule has 0 aliphatic rings. The molecule has 3 rings (SSSR count). The summed E-state index contributed by atoms with van der Waals surface area (Å²) in [5, 5.41) is 10.4. The summed E-state index contributed by atoms with van der Waals surface area (Å²) in [4.78, 5) is 4.60. The molecule has 0 spiro atoms. The van der Waals surface area contributed by atoms with Crippen molar-refractivity contribution in [2.24, 2.45) is 7.05 Å². The molecule has 3 nitrogen and oxygen atoms in total. The number of aromatic nitrogens is 2. The molecule has 2 aromatic carbocycles. The summed E-state index contributed by atoms with van der Waals surface area (Å²) in [5.74, 6) is 0.901. The number of rotatable bonds is 3. The third kappa shape index (κ3) is 2.58. The van der Waals surface area contributed by atoms with E-state index in [-0.39, 0.29) is 0 Å². The van der Waals surface area contributed by atoms with Gasteiger partial charge in [0, 0.05) is 17.0 Å². The molecule has 0 fully saturated rings. The molecule has 3 aromatic rings. The van der Waals surface area contributed by atoms with Crippen LogP contribution in [0.25, 0.3) is 11.0 Å². The zero-order valence-corrected chi connectivity index (χ0v) is 13.3. The van der Waals surface area contributed by atoms with E-state index in [0.717, 1.165) is 26.0 Å². The molecule has 1 aromatic heterocycles. The van der Waals surface area contributed by atoms with Crippen molar-refractivity contribution < 1.29 is 5.11 Å². The van der Waals surface area contributed by atoms with Crippen molar-refractivity contribution >= 4 is 33.6 Å². The van der Waals surface area contributed by atoms with Crippen molar-refractivity contribution in [3.05, 3.63) is 63.5 Å². The summed E-state index contributed by atoms with van der Waals surface area (Å²) in [6.07, 6.45) is -0.00845. The Morgan fingerprint density at radius 2 is 2.00 bits per heavy atom. The first-order chi connectivity index (χ1) is 9.65. The predicted molar refractivity (Wildman–Crippen MR) is 88.5 cm³/mol. The molecule has 1 N–H and O–H groups in total. The number of aliphatic hydroxyl groups is 1. The standard InChI is InChI=1S/C16H15IN2O/c1-19-14-8-3-2-7-13(14)18-16(19)10-15(20)11-5-4-6-12(17)9-11/h2-9,15,20H,10H2,1H3. The van der Waals surface area contributed by atoms with Gasteiger partial charge in [-0.2, -0.15) is 0 Å². The second-order valence-corrected chi connectivity index (χ2v) is 6.10. The van der Waals surface area contributed by atoms with Crippen LogP contribution in [0.2, 0.25) is 0 Å². The van der Waals surface area contributed by atoms with Crippen LogP contribution in [0, 0.1) is 3.57 Å². The van der Waals surface area contributed by atoms with Crippen LogP contribution in [0.3, 0.4) is 0 Å². The highest BCUT2D eigenvalue weighted by atomic mass is 127. The molecule has 1 atom stereocenters. The maximum absolute atomic E-state index is 10.4. The van der Waals surface area contributed by atoms with Crippen LogP contribution >= 0.6 is 22.6 Å². The normalized spacial score (nSPS) is 12.8. The molecule has 0 amide bonds. The quantitative estimate of drug-likeness (QED) is 0.709. The first kappa shape index (κ1) is 13.6. The van der Waals surface area contributed by atoms with Gasteiger partial charge in [-0.15, -0.1) is 0 Å². The van der Waals surface area contributed by atoms with Gasteiger partial charge >= 0.3 is 0 Å². The van der Waals surface area contributed by atoms with Gasteiger partial charge in [0.25, 0.3) is 0 Å². The van der Waals surface area contributed by atoms with E-state index in [2.05, 4.69) is 27.6 Å². The van der Waals surface area contributed by atoms with Gasteiger partial charge in [-0.1, -0.05) is 24.3 Å². The lowest BCUT2D eigenvalue weighted by Gasteiger charge is -2.11. The minimum Gasteiger partial charge on any atom is -0.388 e. The second kappa shape index (κ2) is 5.54. The zero-order chi connectivity index (χ0) is 14.1. The van der Waals surface area contributed by atoms with Crippen molar-refractivity contribution in [2.75, 3.05) is 0 Å². The Hall–Kier alpha value is -1.40. The summed E-state index contributed by atoms with van der Waals surface area (Å²) < 4.78 is 3.18. The van der Waals surface area contributed by atoms with E-state index in [1.165, 1.54) is 0 Å². The molecule has 0 saturated heterocycles. The summed E-state index contributed by atoms with van der Waals surface area (Å²) in [7, 11) is 1.99. The number of hydrogen-bond donors (Lipinski definition) is 1. The molecule has 20 heavy (non-hydrogen) atoms. The number of hydrogen-bond acceptors (Lipinski definition) is 2. The molecule has 0 aliphatic heterocycles. The van der Waals surface area contributed by atoms with Gasteiger partial charge in [-0.05, 0) is 52.4 Å². The molecule has 0 saturated carbocycles. The van der Waals surface area contributed by atoms with Crippen LogP contribution < -0.4 is 0 Å². The number of aliphatic hydroxyl groups excluding tert-OH is 1. The Bertz CT molecular complexity index is 751. The smallest absolute Gasteiger partial charge is 0.112 e. The largest absolute Gasteiger partial charge is 0.388 e. The Labute approximate surface area is 131 Å². The summed E-state index contributed by atoms with van der Waals surface area (Å²) in [6, 6.07) is 16.0. The number of para-hydroxylation sites is 2. The molecule has 0 bridgehead atoms. The number of imidazole rings is 1. The lowest BCUT2D eigenvalue weighted by molar-refractivity contribution is 0.175. The number of benzene rings is 2. The van der Waals surface area contributed by atoms with Crippen LogP contribution in [0.15, 0.2) is 48.5 Å². The number of nitrogens with zero attached hydrogens (tertiary/aromatic N) is 2. The third-order valence-electron chi connectivity index (χ3n) is 3.49. The van der Waals surface area contributed by atoms with E-state index in [9.17, 15) is 5.11 Å². The van der Waals surface area contributed by atoms with Crippen molar-refractivity contribution in [3.63, 3.8) is 0 Å². The molecule has 4 heteroatoms. The first-order valence-corrected chi connectivity index (χ1v) is 7.57. The SMILES string of the molecule is Cn1c(CC(O)c2cccc(I)c2)nc2ccccc21. The fourth-order valence-electron chi connectivity index (χ4n) is 2.38. The van der Waals surface area contributed by atoms with Gasteiger partial charge in [-0.3, -0.25) is 0 Å². The van der Waals surface area contributed by atoms with Crippen molar-refractivity contribution in [2.45, 2.75) is 12.5 Å². The number of aryl methyl sites for hydroxylation is 1. The Morgan fingerprint density at radius 1 is 1.20 bits per heavy atom. The van der Waals surface area contributed by atoms with Crippen LogP contribution in [0.5, 0.6) is 0 Å². The molecular weight excluding hydrogens is 363 g/mol. The van der Waals surface area contributed by atoms with Gasteiger partial charge in [0.15, 0.2) is 0 Å². The maximum Gasteiger partial charge on any atom is 0.112 e. The monoisotopic (exact) mass is 378 g/mol. The summed E-state index contributed by atoms with van der Waals surface area (Å²) >= 11 is 2.26. The van der Waals surface area contributed by atoms with E-state index in [0.29, 0.717) is 6.42 Å². The third-order valence-corrected chi connectivity index (χ3v) is 4.16. The lowest BCUT2D eigenvalue weighted by atomic mass is 10.1. The fourth-order valence-corrected chi connectivity index (χ4v) is 2.95. The number of fused-ring (bicyclic) bond motifs is 1. The summed E-state index contributed by atoms with van der Waals surface area (Å²) in [6.45, 7) is 0. The zero-order valence-electron chi connectivity index (χ0n) is 11.1. The van der Waals surface area contributed by atoms with Gasteiger partial charge < -0.3 is 9.67 Å². The fraction of sp³-hybridized carbons (Fsp3) is 0.188. The molecular formula is C16H15IN2O. The highest BCUT2D eigenvalue weighted by molar-refractivity contribution is 14.1. The molecule has 102 valence electrons. The molecule has 0 aliphatic carbocycles. The van der Waals surface area contributed by atoms with E-state index < -0.39 is 6.10 Å². The van der Waals surface area contributed by atoms with Crippen molar-refractivity contribution in [3.8, 4) is 0 Å². The predicted octanol–water partition coefficient (Wildman–Crippen LogP) is 3.45. The van der Waals surface area contributed by atoms with Crippen molar-refractivity contribution in [1.82, 2.24) is 9.55 Å². The Morgan fingerprint density at radius 3 is 2.75 bits per heavy atom. The number of halogens is 1. The average Bonchev–Trinajstić information content (AvgIpc) is 2.76. The molecule has 0 radical (unpaired) electrons. The Kier molecular flexibility index (Phi) is 3.76. The van der Waals surface area contributed by atoms with Gasteiger partial charge in [0.1, 0.15) is 5.82 Å². The van der Waals surface area contributed by atoms with Crippen molar-refractivity contribution in [1.29, 1.82) is 0 Å². The highest BCUT2D eigenvalue weighted by Gasteiger charge is 2.14. The van der Waals surface area contributed by atoms with E-state index in [1.54, 1.807) is 0 Å². The highest BCUT2D eigenvalue weighted by Crippen LogP contribution is 2.22. The maximum atomic E-state index is 10.4. The molecule has 1 heterocycles. The van der Waals surface area contributed by atoms with E-state index >= 15 is 0 Å². The van der Waals surface area contributed by atoms with Gasteiger partial charge in [0.05, 0.1) is 17.1 Å². The first-order valence-electron chi connectivity index (χ1n) is 6.49. The van der Waals surface area contributed by atoms with Crippen LogP contribution in [0.4, 0.5) is 0 Å². The van der Waals surface area contributed by atoms with Gasteiger partial charge in [-0.25, -0.2) is 4.98 Å². The lowest BCUT2D eigenvalue weighted by Crippen LogP contribution is -2.07. The topological polar surface area (TPSA) is 38.0 Å². The summed E-state index contributed by atoms with van der Waals surface area (Å²) in [5.41, 5.74) is 3.00. The molecule has 1 unspecified atom stereocenters. The van der Waals surface area contributed by atoms with Crippen LogP contribution in [-0.4, -0.2) is 14.7 Å². The average molecular weight is 378 g/mol. The van der Waals surface area contributed by atoms with E-state index in [1.807, 2.05) is 60.1 Å². The van der Waals surface area contributed by atoms with E-state index in [4.69, 9.17) is 0 Å². The minimum absolute atomic E-state index is 0.519. The van der Waals surface area contributed by atoms with Crippen LogP contribution in [-0.2, 0) is 13.5 Å².